The van der Waals surface area contributed by atoms with Gasteiger partial charge in [0, 0.05) is 21.8 Å². The molecule has 0 spiro atoms. The minimum absolute atomic E-state index is 0.273. The predicted octanol–water partition coefficient (Wildman–Crippen LogP) is 3.55. The maximum absolute atomic E-state index is 5.99. The Labute approximate surface area is 118 Å². The van der Waals surface area contributed by atoms with Gasteiger partial charge in [0.1, 0.15) is 0 Å². The molecule has 18 heavy (non-hydrogen) atoms. The van der Waals surface area contributed by atoms with Gasteiger partial charge in [-0.15, -0.1) is 11.3 Å². The molecule has 1 saturated carbocycles. The Hall–Kier alpha value is -0.720. The van der Waals surface area contributed by atoms with Crippen molar-refractivity contribution in [3.63, 3.8) is 0 Å². The molecule has 2 atom stereocenters. The van der Waals surface area contributed by atoms with Crippen LogP contribution in [0, 0.1) is 0 Å². The van der Waals surface area contributed by atoms with Crippen LogP contribution in [0.4, 0.5) is 0 Å². The van der Waals surface area contributed by atoms with Gasteiger partial charge in [0.15, 0.2) is 0 Å². The van der Waals surface area contributed by atoms with Gasteiger partial charge in [-0.05, 0) is 41.3 Å². The summed E-state index contributed by atoms with van der Waals surface area (Å²) in [5, 5.41) is 6.08. The van der Waals surface area contributed by atoms with E-state index >= 15 is 0 Å². The third kappa shape index (κ3) is 2.50. The third-order valence-electron chi connectivity index (χ3n) is 3.29. The highest BCUT2D eigenvalue weighted by Gasteiger charge is 2.25. The molecule has 2 unspecified atom stereocenters. The van der Waals surface area contributed by atoms with Gasteiger partial charge in [-0.3, -0.25) is 0 Å². The second-order valence-electron chi connectivity index (χ2n) is 4.71. The number of halogens is 1. The van der Waals surface area contributed by atoms with E-state index in [0.717, 1.165) is 40.9 Å². The summed E-state index contributed by atoms with van der Waals surface area (Å²) in [6, 6.07) is 2.28. The van der Waals surface area contributed by atoms with Gasteiger partial charge in [-0.25, -0.2) is 0 Å². The summed E-state index contributed by atoms with van der Waals surface area (Å²) in [7, 11) is 0. The summed E-state index contributed by atoms with van der Waals surface area (Å²) < 4.78 is 6.44. The van der Waals surface area contributed by atoms with E-state index in [9.17, 15) is 0 Å². The molecule has 2 N–H and O–H groups in total. The molecule has 0 saturated heterocycles. The second kappa shape index (κ2) is 5.11. The van der Waals surface area contributed by atoms with Gasteiger partial charge < -0.3 is 10.3 Å². The van der Waals surface area contributed by atoms with Gasteiger partial charge in [0.2, 0.25) is 11.7 Å². The lowest BCUT2D eigenvalue weighted by Crippen LogP contribution is -2.26. The smallest absolute Gasteiger partial charge is 0.230 e. The topological polar surface area (TPSA) is 64.9 Å². The summed E-state index contributed by atoms with van der Waals surface area (Å²) in [5.74, 6) is 1.75. The molecule has 2 aromatic heterocycles. The van der Waals surface area contributed by atoms with Crippen molar-refractivity contribution in [1.29, 1.82) is 0 Å². The first-order valence-electron chi connectivity index (χ1n) is 6.06. The van der Waals surface area contributed by atoms with Crippen molar-refractivity contribution in [3.05, 3.63) is 21.8 Å². The van der Waals surface area contributed by atoms with Crippen molar-refractivity contribution in [1.82, 2.24) is 10.1 Å². The molecular formula is C12H14BrN3OS. The molecule has 1 fully saturated rings. The quantitative estimate of drug-likeness (QED) is 0.916. The van der Waals surface area contributed by atoms with Crippen LogP contribution in [0.2, 0.25) is 0 Å². The summed E-state index contributed by atoms with van der Waals surface area (Å²) in [4.78, 5) is 5.53. The van der Waals surface area contributed by atoms with E-state index < -0.39 is 0 Å². The van der Waals surface area contributed by atoms with E-state index in [2.05, 4.69) is 26.1 Å². The lowest BCUT2D eigenvalue weighted by Gasteiger charge is -2.23. The molecule has 0 bridgehead atoms. The highest BCUT2D eigenvalue weighted by atomic mass is 79.9. The normalized spacial score (nSPS) is 24.3. The van der Waals surface area contributed by atoms with Gasteiger partial charge in [-0.2, -0.15) is 4.98 Å². The monoisotopic (exact) mass is 327 g/mol. The number of aromatic nitrogens is 2. The van der Waals surface area contributed by atoms with E-state index in [-0.39, 0.29) is 6.04 Å². The summed E-state index contributed by atoms with van der Waals surface area (Å²) in [6.45, 7) is 0. The number of hydrogen-bond donors (Lipinski definition) is 1. The molecule has 4 nitrogen and oxygen atoms in total. The van der Waals surface area contributed by atoms with Crippen molar-refractivity contribution in [2.75, 3.05) is 0 Å². The molecule has 1 aliphatic carbocycles. The minimum atomic E-state index is 0.273. The molecular weight excluding hydrogens is 314 g/mol. The molecule has 0 aliphatic heterocycles. The van der Waals surface area contributed by atoms with Crippen LogP contribution < -0.4 is 5.73 Å². The Balaban J connectivity index is 1.80. The summed E-state index contributed by atoms with van der Waals surface area (Å²) >= 11 is 5.04. The Morgan fingerprint density at radius 2 is 2.33 bits per heavy atom. The highest BCUT2D eigenvalue weighted by Crippen LogP contribution is 2.33. The van der Waals surface area contributed by atoms with E-state index in [1.807, 2.05) is 11.4 Å². The zero-order valence-electron chi connectivity index (χ0n) is 9.80. The fourth-order valence-electron chi connectivity index (χ4n) is 2.38. The molecule has 0 aromatic carbocycles. The van der Waals surface area contributed by atoms with Crippen LogP contribution in [0.3, 0.4) is 0 Å². The van der Waals surface area contributed by atoms with Crippen LogP contribution in [0.5, 0.6) is 0 Å². The molecule has 3 rings (SSSR count). The van der Waals surface area contributed by atoms with Crippen LogP contribution in [0.25, 0.3) is 10.7 Å². The van der Waals surface area contributed by atoms with Crippen molar-refractivity contribution in [2.24, 2.45) is 5.73 Å². The van der Waals surface area contributed by atoms with Gasteiger partial charge in [-0.1, -0.05) is 11.6 Å². The van der Waals surface area contributed by atoms with Crippen LogP contribution in [0.1, 0.15) is 37.5 Å². The van der Waals surface area contributed by atoms with Crippen LogP contribution in [-0.4, -0.2) is 16.2 Å². The van der Waals surface area contributed by atoms with Crippen molar-refractivity contribution < 1.29 is 4.52 Å². The standard InChI is InChI=1S/C12H14BrN3OS/c13-8-5-10(18-6-8)11-15-12(17-16-11)7-2-1-3-9(14)4-7/h5-7,9H,1-4,14H2. The SMILES string of the molecule is NC1CCCC(c2nc(-c3cc(Br)cs3)no2)C1. The van der Waals surface area contributed by atoms with E-state index in [0.29, 0.717) is 11.7 Å². The molecule has 1 aliphatic rings. The zero-order valence-corrected chi connectivity index (χ0v) is 12.2. The van der Waals surface area contributed by atoms with Crippen molar-refractivity contribution >= 4 is 27.3 Å². The summed E-state index contributed by atoms with van der Waals surface area (Å²) in [5.41, 5.74) is 5.99. The maximum Gasteiger partial charge on any atom is 0.230 e. The molecule has 96 valence electrons. The number of nitrogens with zero attached hydrogens (tertiary/aromatic N) is 2. The fourth-order valence-corrected chi connectivity index (χ4v) is 3.74. The fraction of sp³-hybridized carbons (Fsp3) is 0.500. The largest absolute Gasteiger partial charge is 0.339 e. The molecule has 2 aromatic rings. The molecule has 0 radical (unpaired) electrons. The Bertz CT molecular complexity index is 539. The van der Waals surface area contributed by atoms with Crippen molar-refractivity contribution in [3.8, 4) is 10.7 Å². The number of hydrogen-bond acceptors (Lipinski definition) is 5. The van der Waals surface area contributed by atoms with E-state index in [4.69, 9.17) is 10.3 Å². The van der Waals surface area contributed by atoms with Crippen LogP contribution in [-0.2, 0) is 0 Å². The van der Waals surface area contributed by atoms with Crippen LogP contribution >= 0.6 is 27.3 Å². The predicted molar refractivity (Wildman–Crippen MR) is 74.5 cm³/mol. The highest BCUT2D eigenvalue weighted by molar-refractivity contribution is 9.10. The van der Waals surface area contributed by atoms with Gasteiger partial charge in [0.25, 0.3) is 0 Å². The molecule has 6 heteroatoms. The van der Waals surface area contributed by atoms with E-state index in [1.54, 1.807) is 11.3 Å². The van der Waals surface area contributed by atoms with Gasteiger partial charge in [0.05, 0.1) is 4.88 Å². The zero-order chi connectivity index (χ0) is 12.5. The average molecular weight is 328 g/mol. The first-order valence-corrected chi connectivity index (χ1v) is 7.73. The summed E-state index contributed by atoms with van der Waals surface area (Å²) in [6.07, 6.45) is 4.31. The number of rotatable bonds is 2. The average Bonchev–Trinajstić information content (AvgIpc) is 2.97. The first-order chi connectivity index (χ1) is 8.72. The maximum atomic E-state index is 5.99. The lowest BCUT2D eigenvalue weighted by molar-refractivity contribution is 0.299. The molecule has 0 amide bonds. The first kappa shape index (κ1) is 12.3. The Kier molecular flexibility index (Phi) is 3.50. The third-order valence-corrected chi connectivity index (χ3v) is 4.98. The van der Waals surface area contributed by atoms with E-state index in [1.165, 1.54) is 0 Å². The minimum Gasteiger partial charge on any atom is -0.339 e. The van der Waals surface area contributed by atoms with Crippen molar-refractivity contribution in [2.45, 2.75) is 37.6 Å². The van der Waals surface area contributed by atoms with Gasteiger partial charge >= 0.3 is 0 Å². The number of nitrogens with two attached hydrogens (primary N) is 1. The second-order valence-corrected chi connectivity index (χ2v) is 6.54. The Morgan fingerprint density at radius 1 is 1.44 bits per heavy atom. The number of thiophene rings is 1. The Morgan fingerprint density at radius 3 is 3.06 bits per heavy atom. The lowest BCUT2D eigenvalue weighted by atomic mass is 9.86. The van der Waals surface area contributed by atoms with Crippen LogP contribution in [0.15, 0.2) is 20.4 Å². The molecule has 2 heterocycles.